The smallest absolute Gasteiger partial charge is 0.324 e. The number of pyridine rings is 1. The van der Waals surface area contributed by atoms with Crippen LogP contribution in [0, 0.1) is 5.41 Å². The van der Waals surface area contributed by atoms with Crippen molar-refractivity contribution in [1.82, 2.24) is 19.5 Å². The van der Waals surface area contributed by atoms with E-state index in [1.807, 2.05) is 30.5 Å². The number of nitrogens with zero attached hydrogens (tertiary/aromatic N) is 4. The normalized spacial score (nSPS) is 12.5. The number of para-hydroxylation sites is 1. The van der Waals surface area contributed by atoms with Gasteiger partial charge in [0.15, 0.2) is 0 Å². The fourth-order valence-electron chi connectivity index (χ4n) is 5.03. The van der Waals surface area contributed by atoms with E-state index in [4.69, 9.17) is 14.6 Å². The minimum atomic E-state index is -0.298. The largest absolute Gasteiger partial charge is 0.426 e. The van der Waals surface area contributed by atoms with Gasteiger partial charge in [-0.25, -0.2) is 9.97 Å². The van der Waals surface area contributed by atoms with Crippen molar-refractivity contribution in [3.8, 4) is 17.2 Å². The molecule has 0 spiro atoms. The van der Waals surface area contributed by atoms with Crippen molar-refractivity contribution in [3.05, 3.63) is 91.3 Å². The summed E-state index contributed by atoms with van der Waals surface area (Å²) in [5, 5.41) is 3.31. The first-order valence-electron chi connectivity index (χ1n) is 13.5. The SMILES string of the molecule is CB(OC(C)(C)C(C)(C)C)c1ccc2c3ccccc3n(-c3nc(-c4ccccc4)c4ccncc4n3)c2c1. The molecule has 3 heterocycles. The minimum Gasteiger partial charge on any atom is -0.426 e. The Kier molecular flexibility index (Phi) is 6.03. The molecule has 6 rings (SSSR count). The maximum atomic E-state index is 6.64. The maximum absolute atomic E-state index is 6.64. The molecule has 0 saturated heterocycles. The van der Waals surface area contributed by atoms with E-state index in [9.17, 15) is 0 Å². The van der Waals surface area contributed by atoms with Crippen molar-refractivity contribution < 1.29 is 4.65 Å². The van der Waals surface area contributed by atoms with Crippen LogP contribution < -0.4 is 5.46 Å². The molecule has 0 aliphatic rings. The Labute approximate surface area is 230 Å². The van der Waals surface area contributed by atoms with Gasteiger partial charge in [0.1, 0.15) is 0 Å². The van der Waals surface area contributed by atoms with E-state index >= 15 is 0 Å². The van der Waals surface area contributed by atoms with E-state index in [1.54, 1.807) is 6.20 Å². The van der Waals surface area contributed by atoms with Crippen LogP contribution in [0.1, 0.15) is 34.6 Å². The van der Waals surface area contributed by atoms with Gasteiger partial charge < -0.3 is 4.65 Å². The number of hydrogen-bond acceptors (Lipinski definition) is 4. The number of fused-ring (bicyclic) bond motifs is 4. The van der Waals surface area contributed by atoms with Crippen molar-refractivity contribution in [2.75, 3.05) is 0 Å². The molecule has 0 N–H and O–H groups in total. The minimum absolute atomic E-state index is 0.00106. The molecule has 3 aromatic heterocycles. The van der Waals surface area contributed by atoms with Crippen LogP contribution in [0.2, 0.25) is 6.82 Å². The molecule has 0 aliphatic heterocycles. The van der Waals surface area contributed by atoms with Gasteiger partial charge in [0.05, 0.1) is 34.0 Å². The molecule has 0 fully saturated rings. The third-order valence-electron chi connectivity index (χ3n) is 8.18. The summed E-state index contributed by atoms with van der Waals surface area (Å²) in [5.41, 5.74) is 5.69. The zero-order valence-corrected chi connectivity index (χ0v) is 23.4. The molecule has 0 aliphatic carbocycles. The van der Waals surface area contributed by atoms with E-state index in [0.29, 0.717) is 5.95 Å². The number of rotatable bonds is 5. The lowest BCUT2D eigenvalue weighted by molar-refractivity contribution is 0.000453. The molecule has 39 heavy (non-hydrogen) atoms. The highest BCUT2D eigenvalue weighted by atomic mass is 16.5. The third-order valence-corrected chi connectivity index (χ3v) is 8.18. The first-order valence-corrected chi connectivity index (χ1v) is 13.5. The Hall–Kier alpha value is -4.03. The number of hydrogen-bond donors (Lipinski definition) is 0. The van der Waals surface area contributed by atoms with Gasteiger partial charge >= 0.3 is 6.92 Å². The maximum Gasteiger partial charge on any atom is 0.324 e. The van der Waals surface area contributed by atoms with Gasteiger partial charge in [-0.15, -0.1) is 0 Å². The van der Waals surface area contributed by atoms with E-state index in [-0.39, 0.29) is 17.9 Å². The van der Waals surface area contributed by atoms with E-state index < -0.39 is 0 Å². The quantitative estimate of drug-likeness (QED) is 0.225. The molecule has 0 atom stereocenters. The van der Waals surface area contributed by atoms with Crippen LogP contribution in [0.5, 0.6) is 0 Å². The predicted octanol–water partition coefficient (Wildman–Crippen LogP) is 7.46. The molecule has 5 nitrogen and oxygen atoms in total. The van der Waals surface area contributed by atoms with Crippen LogP contribution in [0.15, 0.2) is 91.3 Å². The molecule has 6 aromatic rings. The second-order valence-corrected chi connectivity index (χ2v) is 11.8. The summed E-state index contributed by atoms with van der Waals surface area (Å²) in [6.07, 6.45) is 3.61. The summed E-state index contributed by atoms with van der Waals surface area (Å²) in [4.78, 5) is 14.6. The lowest BCUT2D eigenvalue weighted by Gasteiger charge is -2.40. The Balaban J connectivity index is 1.59. The second kappa shape index (κ2) is 9.32. The highest BCUT2D eigenvalue weighted by Crippen LogP contribution is 2.35. The Bertz CT molecular complexity index is 1820. The summed E-state index contributed by atoms with van der Waals surface area (Å²) in [5.74, 6) is 0.626. The van der Waals surface area contributed by atoms with Gasteiger partial charge in [-0.3, -0.25) is 9.55 Å². The molecule has 0 unspecified atom stereocenters. The van der Waals surface area contributed by atoms with Crippen molar-refractivity contribution in [2.45, 2.75) is 47.0 Å². The van der Waals surface area contributed by atoms with Crippen LogP contribution in [0.4, 0.5) is 0 Å². The van der Waals surface area contributed by atoms with Crippen LogP contribution in [-0.4, -0.2) is 32.0 Å². The van der Waals surface area contributed by atoms with Gasteiger partial charge in [0.25, 0.3) is 0 Å². The summed E-state index contributed by atoms with van der Waals surface area (Å²) in [6.45, 7) is 13.0. The first kappa shape index (κ1) is 25.3. The Morgan fingerprint density at radius 2 is 1.46 bits per heavy atom. The monoisotopic (exact) mass is 512 g/mol. The summed E-state index contributed by atoms with van der Waals surface area (Å²) in [6, 6.07) is 27.3. The second-order valence-electron chi connectivity index (χ2n) is 11.8. The van der Waals surface area contributed by atoms with Crippen LogP contribution in [0.25, 0.3) is 49.9 Å². The van der Waals surface area contributed by atoms with Crippen LogP contribution in [-0.2, 0) is 4.65 Å². The fourth-order valence-corrected chi connectivity index (χ4v) is 5.03. The third kappa shape index (κ3) is 4.39. The number of aromatic nitrogens is 4. The molecular formula is C33H33BN4O. The standard InChI is InChI=1S/C33H33BN4O/c1-32(2,3)33(4,5)39-34(6)23-16-17-25-24-14-10-11-15-28(24)38(29(25)20-23)31-36-27-21-35-19-18-26(27)30(37-31)22-12-8-7-9-13-22/h7-21H,1-6H3. The molecule has 0 radical (unpaired) electrons. The average molecular weight is 512 g/mol. The van der Waals surface area contributed by atoms with Gasteiger partial charge in [-0.1, -0.05) is 88.3 Å². The van der Waals surface area contributed by atoms with Gasteiger partial charge in [0.2, 0.25) is 5.95 Å². The first-order chi connectivity index (χ1) is 18.6. The molecule has 6 heteroatoms. The molecular weight excluding hydrogens is 479 g/mol. The Morgan fingerprint density at radius 3 is 2.23 bits per heavy atom. The molecule has 0 amide bonds. The lowest BCUT2D eigenvalue weighted by Crippen LogP contribution is -2.46. The molecule has 194 valence electrons. The van der Waals surface area contributed by atoms with E-state index in [2.05, 4.69) is 106 Å². The Morgan fingerprint density at radius 1 is 0.744 bits per heavy atom. The summed E-state index contributed by atoms with van der Waals surface area (Å²) in [7, 11) is 0. The highest BCUT2D eigenvalue weighted by molar-refractivity contribution is 6.66. The van der Waals surface area contributed by atoms with Gasteiger partial charge in [-0.05, 0) is 42.9 Å². The summed E-state index contributed by atoms with van der Waals surface area (Å²) >= 11 is 0. The van der Waals surface area contributed by atoms with E-state index in [1.165, 1.54) is 5.39 Å². The van der Waals surface area contributed by atoms with Crippen molar-refractivity contribution in [1.29, 1.82) is 0 Å². The van der Waals surface area contributed by atoms with Crippen molar-refractivity contribution in [2.24, 2.45) is 5.41 Å². The average Bonchev–Trinajstić information content (AvgIpc) is 3.26. The summed E-state index contributed by atoms with van der Waals surface area (Å²) < 4.78 is 8.82. The zero-order chi connectivity index (χ0) is 27.4. The van der Waals surface area contributed by atoms with Crippen LogP contribution >= 0.6 is 0 Å². The zero-order valence-electron chi connectivity index (χ0n) is 23.4. The number of benzene rings is 3. The van der Waals surface area contributed by atoms with Crippen molar-refractivity contribution >= 4 is 45.1 Å². The van der Waals surface area contributed by atoms with Crippen LogP contribution in [0.3, 0.4) is 0 Å². The molecule has 0 saturated carbocycles. The van der Waals surface area contributed by atoms with Gasteiger partial charge in [-0.2, -0.15) is 0 Å². The highest BCUT2D eigenvalue weighted by Gasteiger charge is 2.36. The molecule has 3 aromatic carbocycles. The topological polar surface area (TPSA) is 52.8 Å². The lowest BCUT2D eigenvalue weighted by atomic mass is 9.61. The van der Waals surface area contributed by atoms with Gasteiger partial charge in [0, 0.05) is 27.9 Å². The molecule has 0 bridgehead atoms. The van der Waals surface area contributed by atoms with E-state index in [0.717, 1.165) is 44.0 Å². The predicted molar refractivity (Wildman–Crippen MR) is 163 cm³/mol. The van der Waals surface area contributed by atoms with Crippen molar-refractivity contribution in [3.63, 3.8) is 0 Å². The fraction of sp³-hybridized carbons (Fsp3) is 0.242.